The summed E-state index contributed by atoms with van der Waals surface area (Å²) in [7, 11) is 2.78. The second-order valence-electron chi connectivity index (χ2n) is 8.96. The van der Waals surface area contributed by atoms with Crippen LogP contribution < -0.4 is 19.6 Å². The first-order valence-corrected chi connectivity index (χ1v) is 13.8. The minimum atomic E-state index is -0.882. The van der Waals surface area contributed by atoms with Gasteiger partial charge in [0.15, 0.2) is 4.80 Å². The molecule has 9 nitrogen and oxygen atoms in total. The lowest BCUT2D eigenvalue weighted by Gasteiger charge is -2.25. The molecule has 4 aromatic rings. The molecule has 3 heterocycles. The molecule has 2 aromatic carbocycles. The molecule has 1 atom stereocenters. The minimum absolute atomic E-state index is 0.203. The van der Waals surface area contributed by atoms with Gasteiger partial charge in [0.25, 0.3) is 5.56 Å². The molecule has 0 unspecified atom stereocenters. The largest absolute Gasteiger partial charge is 0.496 e. The number of ether oxygens (including phenoxy) is 3. The smallest absolute Gasteiger partial charge is 0.338 e. The number of esters is 2. The highest BCUT2D eigenvalue weighted by Crippen LogP contribution is 2.37. The molecule has 41 heavy (non-hydrogen) atoms. The maximum atomic E-state index is 13.8. The SMILES string of the molecule is CCOC(=O)c1cccc(-c2ccc(/C=c3\sc4n(c3=O)[C@@H](c3cc(Cl)ccc3OC)C(C(=O)OC)=C(C)N=4)o2)c1. The number of benzene rings is 2. The molecule has 210 valence electrons. The van der Waals surface area contributed by atoms with Crippen LogP contribution in [-0.2, 0) is 14.3 Å². The van der Waals surface area contributed by atoms with E-state index in [0.717, 1.165) is 11.3 Å². The number of carbonyl (C=O) groups is 2. The first-order chi connectivity index (χ1) is 19.7. The van der Waals surface area contributed by atoms with E-state index in [1.165, 1.54) is 18.8 Å². The summed E-state index contributed by atoms with van der Waals surface area (Å²) >= 11 is 7.49. The molecular weight excluding hydrogens is 568 g/mol. The van der Waals surface area contributed by atoms with E-state index in [1.54, 1.807) is 68.5 Å². The van der Waals surface area contributed by atoms with Crippen LogP contribution in [0.15, 0.2) is 80.1 Å². The lowest BCUT2D eigenvalue weighted by molar-refractivity contribution is -0.136. The monoisotopic (exact) mass is 592 g/mol. The van der Waals surface area contributed by atoms with Crippen molar-refractivity contribution >= 4 is 41.0 Å². The highest BCUT2D eigenvalue weighted by atomic mass is 35.5. The molecule has 5 rings (SSSR count). The molecule has 0 bridgehead atoms. The summed E-state index contributed by atoms with van der Waals surface area (Å²) < 4.78 is 23.5. The molecular formula is C30H25ClN2O7S. The van der Waals surface area contributed by atoms with Crippen LogP contribution >= 0.6 is 22.9 Å². The topological polar surface area (TPSA) is 109 Å². The first-order valence-electron chi connectivity index (χ1n) is 12.6. The zero-order valence-electron chi connectivity index (χ0n) is 22.6. The van der Waals surface area contributed by atoms with E-state index in [1.807, 2.05) is 6.07 Å². The summed E-state index contributed by atoms with van der Waals surface area (Å²) in [5, 5.41) is 0.414. The Morgan fingerprint density at radius 2 is 1.93 bits per heavy atom. The highest BCUT2D eigenvalue weighted by Gasteiger charge is 2.35. The number of allylic oxidation sites excluding steroid dienone is 1. The average Bonchev–Trinajstić information content (AvgIpc) is 3.56. The fourth-order valence-electron chi connectivity index (χ4n) is 4.63. The predicted molar refractivity (Wildman–Crippen MR) is 154 cm³/mol. The van der Waals surface area contributed by atoms with Gasteiger partial charge in [-0.1, -0.05) is 35.1 Å². The van der Waals surface area contributed by atoms with Crippen molar-refractivity contribution in [1.82, 2.24) is 4.57 Å². The number of rotatable bonds is 7. The summed E-state index contributed by atoms with van der Waals surface area (Å²) in [6.07, 6.45) is 1.62. The van der Waals surface area contributed by atoms with Gasteiger partial charge in [0, 0.05) is 22.2 Å². The van der Waals surface area contributed by atoms with Gasteiger partial charge in [-0.15, -0.1) is 0 Å². The Kier molecular flexibility index (Phi) is 7.96. The molecule has 1 aliphatic rings. The number of hydrogen-bond donors (Lipinski definition) is 0. The van der Waals surface area contributed by atoms with E-state index in [-0.39, 0.29) is 17.7 Å². The Bertz CT molecular complexity index is 1880. The van der Waals surface area contributed by atoms with Crippen LogP contribution in [0.25, 0.3) is 17.4 Å². The summed E-state index contributed by atoms with van der Waals surface area (Å²) in [5.41, 5.74) is 1.85. The van der Waals surface area contributed by atoms with Crippen LogP contribution in [0.4, 0.5) is 0 Å². The van der Waals surface area contributed by atoms with Gasteiger partial charge in [-0.05, 0) is 56.3 Å². The number of nitrogens with zero attached hydrogens (tertiary/aromatic N) is 2. The number of aromatic nitrogens is 1. The van der Waals surface area contributed by atoms with Crippen molar-refractivity contribution < 1.29 is 28.2 Å². The van der Waals surface area contributed by atoms with Crippen molar-refractivity contribution in [3.63, 3.8) is 0 Å². The Morgan fingerprint density at radius 1 is 1.12 bits per heavy atom. The minimum Gasteiger partial charge on any atom is -0.496 e. The zero-order valence-corrected chi connectivity index (χ0v) is 24.2. The molecule has 0 amide bonds. The van der Waals surface area contributed by atoms with Gasteiger partial charge in [0.1, 0.15) is 23.3 Å². The maximum Gasteiger partial charge on any atom is 0.338 e. The van der Waals surface area contributed by atoms with E-state index in [0.29, 0.717) is 54.0 Å². The number of furan rings is 1. The van der Waals surface area contributed by atoms with E-state index < -0.39 is 18.0 Å². The van der Waals surface area contributed by atoms with Gasteiger partial charge in [0.2, 0.25) is 0 Å². The highest BCUT2D eigenvalue weighted by molar-refractivity contribution is 7.07. The number of methoxy groups -OCH3 is 2. The van der Waals surface area contributed by atoms with E-state index in [9.17, 15) is 14.4 Å². The third-order valence-corrected chi connectivity index (χ3v) is 7.69. The van der Waals surface area contributed by atoms with Gasteiger partial charge < -0.3 is 18.6 Å². The Balaban J connectivity index is 1.62. The van der Waals surface area contributed by atoms with Crippen LogP contribution in [0.3, 0.4) is 0 Å². The third-order valence-electron chi connectivity index (χ3n) is 6.47. The van der Waals surface area contributed by atoms with Crippen molar-refractivity contribution in [2.24, 2.45) is 4.99 Å². The van der Waals surface area contributed by atoms with Crippen LogP contribution in [0.2, 0.25) is 5.02 Å². The number of halogens is 1. The Labute approximate surface area is 243 Å². The first kappa shape index (κ1) is 28.1. The van der Waals surface area contributed by atoms with E-state index in [4.69, 9.17) is 30.2 Å². The Hall–Kier alpha value is -4.41. The molecule has 0 N–H and O–H groups in total. The number of thiazole rings is 1. The molecule has 0 saturated heterocycles. The number of fused-ring (bicyclic) bond motifs is 1. The predicted octanol–water partition coefficient (Wildman–Crippen LogP) is 4.51. The van der Waals surface area contributed by atoms with Crippen molar-refractivity contribution in [1.29, 1.82) is 0 Å². The molecule has 2 aromatic heterocycles. The quantitative estimate of drug-likeness (QED) is 0.291. The van der Waals surface area contributed by atoms with E-state index >= 15 is 0 Å². The zero-order chi connectivity index (χ0) is 29.3. The summed E-state index contributed by atoms with van der Waals surface area (Å²) in [5.74, 6) is 0.349. The molecule has 11 heteroatoms. The normalized spacial score (nSPS) is 14.9. The molecule has 0 radical (unpaired) electrons. The lowest BCUT2D eigenvalue weighted by atomic mass is 9.95. The van der Waals surface area contributed by atoms with Gasteiger partial charge in [-0.25, -0.2) is 14.6 Å². The second-order valence-corrected chi connectivity index (χ2v) is 10.4. The fourth-order valence-corrected chi connectivity index (χ4v) is 5.84. The lowest BCUT2D eigenvalue weighted by Crippen LogP contribution is -2.40. The van der Waals surface area contributed by atoms with Crippen molar-refractivity contribution in [2.45, 2.75) is 19.9 Å². The second kappa shape index (κ2) is 11.6. The van der Waals surface area contributed by atoms with Gasteiger partial charge in [-0.3, -0.25) is 9.36 Å². The van der Waals surface area contributed by atoms with Crippen LogP contribution in [-0.4, -0.2) is 37.3 Å². The number of hydrogen-bond acceptors (Lipinski definition) is 9. The van der Waals surface area contributed by atoms with Gasteiger partial charge in [0.05, 0.1) is 42.2 Å². The van der Waals surface area contributed by atoms with Crippen LogP contribution in [0, 0.1) is 0 Å². The van der Waals surface area contributed by atoms with Crippen molar-refractivity contribution in [3.05, 3.63) is 107 Å². The summed E-state index contributed by atoms with van der Waals surface area (Å²) in [6.45, 7) is 3.71. The van der Waals surface area contributed by atoms with Gasteiger partial charge in [-0.2, -0.15) is 0 Å². The van der Waals surface area contributed by atoms with Crippen molar-refractivity contribution in [3.8, 4) is 17.1 Å². The molecule has 0 fully saturated rings. The van der Waals surface area contributed by atoms with Gasteiger partial charge >= 0.3 is 11.9 Å². The molecule has 1 aliphatic heterocycles. The van der Waals surface area contributed by atoms with Crippen LogP contribution in [0.5, 0.6) is 5.75 Å². The third kappa shape index (κ3) is 5.36. The van der Waals surface area contributed by atoms with E-state index in [2.05, 4.69) is 4.99 Å². The average molecular weight is 593 g/mol. The van der Waals surface area contributed by atoms with Crippen molar-refractivity contribution in [2.75, 3.05) is 20.8 Å². The molecule has 0 saturated carbocycles. The Morgan fingerprint density at radius 3 is 2.66 bits per heavy atom. The molecule has 0 aliphatic carbocycles. The maximum absolute atomic E-state index is 13.8. The summed E-state index contributed by atoms with van der Waals surface area (Å²) in [4.78, 5) is 43.9. The number of carbonyl (C=O) groups excluding carboxylic acids is 2. The summed E-state index contributed by atoms with van der Waals surface area (Å²) in [6, 6.07) is 14.5. The standard InChI is InChI=1S/C30H25ClN2O7S/c1-5-39-28(35)18-8-6-7-17(13-18)22-12-10-20(40-22)15-24-27(34)33-26(21-14-19(31)9-11-23(21)37-3)25(29(36)38-4)16(2)32-30(33)41-24/h6-15,26H,5H2,1-4H3/b24-15-/t26-/m0/s1. The fraction of sp³-hybridized carbons (Fsp3) is 0.200. The van der Waals surface area contributed by atoms with Crippen LogP contribution in [0.1, 0.15) is 41.6 Å². The molecule has 0 spiro atoms.